The Morgan fingerprint density at radius 3 is 3.00 bits per heavy atom. The summed E-state index contributed by atoms with van der Waals surface area (Å²) in [6.07, 6.45) is 1.70. The van der Waals surface area contributed by atoms with E-state index in [1.807, 2.05) is 17.5 Å². The Labute approximate surface area is 100 Å². The highest BCUT2D eigenvalue weighted by atomic mass is 32.1. The van der Waals surface area contributed by atoms with Gasteiger partial charge in [0.2, 0.25) is 0 Å². The molecule has 0 radical (unpaired) electrons. The molecule has 1 aromatic carbocycles. The lowest BCUT2D eigenvalue weighted by Crippen LogP contribution is -1.73. The molecule has 0 amide bonds. The van der Waals surface area contributed by atoms with Gasteiger partial charge in [0.25, 0.3) is 0 Å². The van der Waals surface area contributed by atoms with Gasteiger partial charge in [-0.2, -0.15) is 11.3 Å². The van der Waals surface area contributed by atoms with Gasteiger partial charge in [-0.25, -0.2) is 9.97 Å². The minimum atomic E-state index is 0.911. The number of nitrogens with one attached hydrogen (secondary N) is 2. The first kappa shape index (κ1) is 8.95. The van der Waals surface area contributed by atoms with Gasteiger partial charge in [0.1, 0.15) is 5.82 Å². The normalized spacial score (nSPS) is 11.5. The Balaban J connectivity index is 2.02. The maximum absolute atomic E-state index is 4.58. The van der Waals surface area contributed by atoms with Crippen molar-refractivity contribution in [2.45, 2.75) is 0 Å². The average molecular weight is 240 g/mol. The van der Waals surface area contributed by atoms with Crippen molar-refractivity contribution >= 4 is 33.4 Å². The van der Waals surface area contributed by atoms with Crippen molar-refractivity contribution < 1.29 is 0 Å². The highest BCUT2D eigenvalue weighted by Crippen LogP contribution is 2.24. The fraction of sp³-hybridized carbons (Fsp3) is 0. The number of aromatic amines is 2. The predicted octanol–water partition coefficient (Wildman–Crippen LogP) is 3.17. The molecule has 0 aliphatic heterocycles. The standard InChI is InChI=1S/C12H8N4S/c1-2-17-5-7(1)12-15-10-3-8-9(14-6-13-8)4-11(10)16-12/h1-6H,(H,13,14)(H,15,16). The number of nitrogens with zero attached hydrogens (tertiary/aromatic N) is 2. The third kappa shape index (κ3) is 1.29. The number of hydrogen-bond donors (Lipinski definition) is 2. The van der Waals surface area contributed by atoms with Crippen molar-refractivity contribution in [2.75, 3.05) is 0 Å². The van der Waals surface area contributed by atoms with E-state index in [9.17, 15) is 0 Å². The highest BCUT2D eigenvalue weighted by Gasteiger charge is 2.07. The van der Waals surface area contributed by atoms with Crippen LogP contribution in [0.2, 0.25) is 0 Å². The van der Waals surface area contributed by atoms with E-state index in [4.69, 9.17) is 0 Å². The molecule has 0 atom stereocenters. The molecule has 0 saturated carbocycles. The number of aromatic nitrogens is 4. The molecule has 0 fully saturated rings. The van der Waals surface area contributed by atoms with Gasteiger partial charge in [-0.15, -0.1) is 0 Å². The molecule has 3 heterocycles. The van der Waals surface area contributed by atoms with Crippen molar-refractivity contribution in [3.05, 3.63) is 35.3 Å². The van der Waals surface area contributed by atoms with E-state index in [0.29, 0.717) is 0 Å². The van der Waals surface area contributed by atoms with Crippen molar-refractivity contribution in [3.8, 4) is 11.4 Å². The van der Waals surface area contributed by atoms with Crippen molar-refractivity contribution in [1.82, 2.24) is 19.9 Å². The van der Waals surface area contributed by atoms with Crippen LogP contribution in [0.15, 0.2) is 35.3 Å². The van der Waals surface area contributed by atoms with Crippen LogP contribution in [-0.2, 0) is 0 Å². The summed E-state index contributed by atoms with van der Waals surface area (Å²) >= 11 is 1.67. The molecule has 4 nitrogen and oxygen atoms in total. The van der Waals surface area contributed by atoms with E-state index < -0.39 is 0 Å². The summed E-state index contributed by atoms with van der Waals surface area (Å²) in [6, 6.07) is 6.10. The molecular formula is C12H8N4S. The minimum absolute atomic E-state index is 0.911. The highest BCUT2D eigenvalue weighted by molar-refractivity contribution is 7.08. The molecule has 0 spiro atoms. The van der Waals surface area contributed by atoms with E-state index in [1.165, 1.54) is 0 Å². The fourth-order valence-corrected chi connectivity index (χ4v) is 2.62. The number of fused-ring (bicyclic) bond motifs is 2. The first-order valence-corrected chi connectivity index (χ1v) is 6.20. The van der Waals surface area contributed by atoms with Crippen LogP contribution in [0.1, 0.15) is 0 Å². The third-order valence-corrected chi connectivity index (χ3v) is 3.50. The molecule has 0 saturated heterocycles. The fourth-order valence-electron chi connectivity index (χ4n) is 1.98. The number of imidazole rings is 2. The molecule has 4 rings (SSSR count). The zero-order valence-corrected chi connectivity index (χ0v) is 9.58. The second-order valence-corrected chi connectivity index (χ2v) is 4.67. The summed E-state index contributed by atoms with van der Waals surface area (Å²) in [6.45, 7) is 0. The maximum Gasteiger partial charge on any atom is 0.139 e. The zero-order chi connectivity index (χ0) is 11.2. The van der Waals surface area contributed by atoms with Gasteiger partial charge in [-0.3, -0.25) is 0 Å². The molecule has 2 N–H and O–H groups in total. The topological polar surface area (TPSA) is 57.4 Å². The van der Waals surface area contributed by atoms with Crippen molar-refractivity contribution in [2.24, 2.45) is 0 Å². The monoisotopic (exact) mass is 240 g/mol. The van der Waals surface area contributed by atoms with Gasteiger partial charge >= 0.3 is 0 Å². The first-order valence-electron chi connectivity index (χ1n) is 5.25. The number of H-pyrrole nitrogens is 2. The Hall–Kier alpha value is -2.14. The van der Waals surface area contributed by atoms with E-state index in [-0.39, 0.29) is 0 Å². The summed E-state index contributed by atoms with van der Waals surface area (Å²) in [5.41, 5.74) is 5.08. The Morgan fingerprint density at radius 1 is 1.12 bits per heavy atom. The smallest absolute Gasteiger partial charge is 0.139 e. The van der Waals surface area contributed by atoms with E-state index in [1.54, 1.807) is 17.7 Å². The Morgan fingerprint density at radius 2 is 2.12 bits per heavy atom. The lowest BCUT2D eigenvalue weighted by atomic mass is 10.3. The van der Waals surface area contributed by atoms with Gasteiger partial charge in [-0.05, 0) is 23.6 Å². The van der Waals surface area contributed by atoms with Gasteiger partial charge in [-0.1, -0.05) is 0 Å². The molecule has 82 valence electrons. The second-order valence-electron chi connectivity index (χ2n) is 3.89. The van der Waals surface area contributed by atoms with Crippen molar-refractivity contribution in [3.63, 3.8) is 0 Å². The predicted molar refractivity (Wildman–Crippen MR) is 69.1 cm³/mol. The molecule has 4 aromatic rings. The zero-order valence-electron chi connectivity index (χ0n) is 8.77. The van der Waals surface area contributed by atoms with Crippen LogP contribution in [-0.4, -0.2) is 19.9 Å². The number of rotatable bonds is 1. The third-order valence-electron chi connectivity index (χ3n) is 2.82. The SMILES string of the molecule is c1nc2cc3nc(-c4ccsc4)[nH]c3cc2[nH]1. The van der Waals surface area contributed by atoms with Crippen LogP contribution in [0.5, 0.6) is 0 Å². The summed E-state index contributed by atoms with van der Waals surface area (Å²) in [4.78, 5) is 15.2. The van der Waals surface area contributed by atoms with Gasteiger partial charge < -0.3 is 9.97 Å². The van der Waals surface area contributed by atoms with Gasteiger partial charge in [0, 0.05) is 10.9 Å². The first-order chi connectivity index (χ1) is 8.40. The Bertz CT molecular complexity index is 746. The largest absolute Gasteiger partial charge is 0.345 e. The van der Waals surface area contributed by atoms with Crippen LogP contribution < -0.4 is 0 Å². The quantitative estimate of drug-likeness (QED) is 0.537. The van der Waals surface area contributed by atoms with Gasteiger partial charge in [0.15, 0.2) is 0 Å². The lowest BCUT2D eigenvalue weighted by Gasteiger charge is -1.88. The molecular weight excluding hydrogens is 232 g/mol. The van der Waals surface area contributed by atoms with Crippen LogP contribution in [0.4, 0.5) is 0 Å². The van der Waals surface area contributed by atoms with Crippen molar-refractivity contribution in [1.29, 1.82) is 0 Å². The van der Waals surface area contributed by atoms with Crippen LogP contribution in [0.3, 0.4) is 0 Å². The summed E-state index contributed by atoms with van der Waals surface area (Å²) in [5, 5.41) is 4.14. The van der Waals surface area contributed by atoms with Crippen LogP contribution in [0, 0.1) is 0 Å². The molecule has 0 aliphatic carbocycles. The van der Waals surface area contributed by atoms with Crippen LogP contribution >= 0.6 is 11.3 Å². The Kier molecular flexibility index (Phi) is 1.67. The summed E-state index contributed by atoms with van der Waals surface area (Å²) in [7, 11) is 0. The number of hydrogen-bond acceptors (Lipinski definition) is 3. The number of thiophene rings is 1. The van der Waals surface area contributed by atoms with E-state index >= 15 is 0 Å². The summed E-state index contributed by atoms with van der Waals surface area (Å²) < 4.78 is 0. The summed E-state index contributed by atoms with van der Waals surface area (Å²) in [5.74, 6) is 0.911. The van der Waals surface area contributed by atoms with Gasteiger partial charge in [0.05, 0.1) is 28.4 Å². The molecule has 0 bridgehead atoms. The molecule has 0 unspecified atom stereocenters. The minimum Gasteiger partial charge on any atom is -0.345 e. The van der Waals surface area contributed by atoms with E-state index in [0.717, 1.165) is 33.5 Å². The molecule has 17 heavy (non-hydrogen) atoms. The molecule has 3 aromatic heterocycles. The number of benzene rings is 1. The maximum atomic E-state index is 4.58. The molecule has 5 heteroatoms. The van der Waals surface area contributed by atoms with Crippen LogP contribution in [0.25, 0.3) is 33.5 Å². The second kappa shape index (κ2) is 3.18. The average Bonchev–Trinajstić information content (AvgIpc) is 3.05. The van der Waals surface area contributed by atoms with E-state index in [2.05, 4.69) is 31.4 Å². The lowest BCUT2D eigenvalue weighted by molar-refractivity contribution is 1.33. The molecule has 0 aliphatic rings.